The molecule has 4 heteroatoms. The minimum atomic E-state index is -0.716. The van der Waals surface area contributed by atoms with Gasteiger partial charge in [-0.3, -0.25) is 9.69 Å². The van der Waals surface area contributed by atoms with Crippen molar-refractivity contribution in [3.05, 3.63) is 12.7 Å². The van der Waals surface area contributed by atoms with Gasteiger partial charge in [-0.1, -0.05) is 17.9 Å². The molecule has 0 amide bonds. The third kappa shape index (κ3) is 6.42. The fourth-order valence-electron chi connectivity index (χ4n) is 1.93. The summed E-state index contributed by atoms with van der Waals surface area (Å²) in [6, 6.07) is 0. The summed E-state index contributed by atoms with van der Waals surface area (Å²) in [6.07, 6.45) is 3.26. The zero-order chi connectivity index (χ0) is 14.1. The standard InChI is InChI=1S/C15H23NO3/c1-4-5-7-15(3,19-14(2)17)8-6-9-16-10-12-18-13-11-16/h4H,1,5,7,9-13H2,2-3H3/t15-/m1/s1. The molecule has 0 aromatic rings. The molecule has 1 aliphatic rings. The fraction of sp³-hybridized carbons (Fsp3) is 0.667. The zero-order valence-corrected chi connectivity index (χ0v) is 11.9. The van der Waals surface area contributed by atoms with Gasteiger partial charge >= 0.3 is 5.97 Å². The van der Waals surface area contributed by atoms with Crippen LogP contribution < -0.4 is 0 Å². The number of allylic oxidation sites excluding steroid dienone is 1. The number of carbonyl (C=O) groups excluding carboxylic acids is 1. The summed E-state index contributed by atoms with van der Waals surface area (Å²) in [5.41, 5.74) is -0.716. The zero-order valence-electron chi connectivity index (χ0n) is 11.9. The smallest absolute Gasteiger partial charge is 0.304 e. The number of rotatable bonds is 5. The van der Waals surface area contributed by atoms with Crippen molar-refractivity contribution in [1.82, 2.24) is 4.90 Å². The van der Waals surface area contributed by atoms with Gasteiger partial charge < -0.3 is 9.47 Å². The number of hydrogen-bond donors (Lipinski definition) is 0. The number of esters is 1. The predicted octanol–water partition coefficient (Wildman–Crippen LogP) is 1.61. The average Bonchev–Trinajstić information content (AvgIpc) is 2.37. The lowest BCUT2D eigenvalue weighted by atomic mass is 10.0. The molecule has 1 atom stereocenters. The monoisotopic (exact) mass is 265 g/mol. The third-order valence-corrected chi connectivity index (χ3v) is 2.95. The van der Waals surface area contributed by atoms with Crippen molar-refractivity contribution < 1.29 is 14.3 Å². The molecule has 4 nitrogen and oxygen atoms in total. The lowest BCUT2D eigenvalue weighted by Crippen LogP contribution is -2.36. The first-order chi connectivity index (χ1) is 9.06. The van der Waals surface area contributed by atoms with Crippen LogP contribution in [0.5, 0.6) is 0 Å². The summed E-state index contributed by atoms with van der Waals surface area (Å²) < 4.78 is 10.6. The van der Waals surface area contributed by atoms with Gasteiger partial charge in [0.25, 0.3) is 0 Å². The summed E-state index contributed by atoms with van der Waals surface area (Å²) in [5.74, 6) is 5.91. The summed E-state index contributed by atoms with van der Waals surface area (Å²) in [4.78, 5) is 13.4. The molecular formula is C15H23NO3. The number of carbonyl (C=O) groups is 1. The fourth-order valence-corrected chi connectivity index (χ4v) is 1.93. The third-order valence-electron chi connectivity index (χ3n) is 2.95. The molecule has 0 spiro atoms. The molecule has 0 saturated carbocycles. The molecule has 106 valence electrons. The molecule has 0 radical (unpaired) electrons. The van der Waals surface area contributed by atoms with E-state index in [1.807, 2.05) is 13.0 Å². The normalized spacial score (nSPS) is 18.8. The van der Waals surface area contributed by atoms with E-state index in [9.17, 15) is 4.79 Å². The van der Waals surface area contributed by atoms with Crippen LogP contribution in [0.3, 0.4) is 0 Å². The Hall–Kier alpha value is -1.31. The van der Waals surface area contributed by atoms with E-state index in [4.69, 9.17) is 9.47 Å². The average molecular weight is 265 g/mol. The second-order valence-corrected chi connectivity index (χ2v) is 4.84. The van der Waals surface area contributed by atoms with E-state index in [2.05, 4.69) is 23.3 Å². The number of ether oxygens (including phenoxy) is 2. The van der Waals surface area contributed by atoms with E-state index in [1.54, 1.807) is 0 Å². The minimum absolute atomic E-state index is 0.299. The van der Waals surface area contributed by atoms with Gasteiger partial charge in [0.05, 0.1) is 19.8 Å². The van der Waals surface area contributed by atoms with Gasteiger partial charge in [0, 0.05) is 26.4 Å². The Morgan fingerprint density at radius 1 is 1.53 bits per heavy atom. The highest BCUT2D eigenvalue weighted by molar-refractivity contribution is 5.67. The van der Waals surface area contributed by atoms with Crippen LogP contribution in [-0.2, 0) is 14.3 Å². The van der Waals surface area contributed by atoms with Crippen molar-refractivity contribution in [2.75, 3.05) is 32.8 Å². The Morgan fingerprint density at radius 2 is 2.21 bits per heavy atom. The largest absolute Gasteiger partial charge is 0.446 e. The maximum atomic E-state index is 11.1. The molecule has 1 rings (SSSR count). The van der Waals surface area contributed by atoms with Crippen molar-refractivity contribution in [2.45, 2.75) is 32.3 Å². The van der Waals surface area contributed by atoms with Crippen molar-refractivity contribution in [3.8, 4) is 11.8 Å². The van der Waals surface area contributed by atoms with Crippen molar-refractivity contribution in [3.63, 3.8) is 0 Å². The first kappa shape index (κ1) is 15.7. The highest BCUT2D eigenvalue weighted by Crippen LogP contribution is 2.17. The SMILES string of the molecule is C=CCC[C@](C)(C#CCN1CCOCC1)OC(C)=O. The van der Waals surface area contributed by atoms with Crippen LogP contribution >= 0.6 is 0 Å². The maximum Gasteiger partial charge on any atom is 0.304 e. The molecule has 1 aliphatic heterocycles. The van der Waals surface area contributed by atoms with Crippen LogP contribution in [0, 0.1) is 11.8 Å². The minimum Gasteiger partial charge on any atom is -0.446 e. The quantitative estimate of drug-likeness (QED) is 0.430. The molecule has 1 heterocycles. The predicted molar refractivity (Wildman–Crippen MR) is 74.6 cm³/mol. The van der Waals surface area contributed by atoms with Crippen LogP contribution in [-0.4, -0.2) is 49.3 Å². The van der Waals surface area contributed by atoms with E-state index in [0.29, 0.717) is 13.0 Å². The molecule has 0 aromatic heterocycles. The molecule has 19 heavy (non-hydrogen) atoms. The van der Waals surface area contributed by atoms with Gasteiger partial charge in [0.15, 0.2) is 5.60 Å². The number of nitrogens with zero attached hydrogens (tertiary/aromatic N) is 1. The first-order valence-corrected chi connectivity index (χ1v) is 6.66. The maximum absolute atomic E-state index is 11.1. The number of morpholine rings is 1. The Balaban J connectivity index is 2.54. The van der Waals surface area contributed by atoms with Gasteiger partial charge in [-0.2, -0.15) is 0 Å². The van der Waals surface area contributed by atoms with Crippen LogP contribution in [0.2, 0.25) is 0 Å². The summed E-state index contributed by atoms with van der Waals surface area (Å²) in [7, 11) is 0. The molecular weight excluding hydrogens is 242 g/mol. The van der Waals surface area contributed by atoms with Crippen molar-refractivity contribution in [1.29, 1.82) is 0 Å². The molecule has 0 N–H and O–H groups in total. The topological polar surface area (TPSA) is 38.8 Å². The molecule has 1 fully saturated rings. The van der Waals surface area contributed by atoms with Crippen LogP contribution in [0.4, 0.5) is 0 Å². The lowest BCUT2D eigenvalue weighted by molar-refractivity contribution is -0.150. The van der Waals surface area contributed by atoms with Gasteiger partial charge in [0.1, 0.15) is 0 Å². The number of hydrogen-bond acceptors (Lipinski definition) is 4. The van der Waals surface area contributed by atoms with Crippen LogP contribution in [0.15, 0.2) is 12.7 Å². The van der Waals surface area contributed by atoms with E-state index >= 15 is 0 Å². The Kier molecular flexibility index (Phi) is 6.61. The van der Waals surface area contributed by atoms with Gasteiger partial charge in [0.2, 0.25) is 0 Å². The highest BCUT2D eigenvalue weighted by atomic mass is 16.6. The first-order valence-electron chi connectivity index (χ1n) is 6.66. The van der Waals surface area contributed by atoms with Crippen LogP contribution in [0.25, 0.3) is 0 Å². The van der Waals surface area contributed by atoms with Crippen LogP contribution in [0.1, 0.15) is 26.7 Å². The van der Waals surface area contributed by atoms with Crippen molar-refractivity contribution in [2.24, 2.45) is 0 Å². The lowest BCUT2D eigenvalue weighted by Gasteiger charge is -2.25. The Morgan fingerprint density at radius 3 is 2.79 bits per heavy atom. The van der Waals surface area contributed by atoms with Gasteiger partial charge in [-0.15, -0.1) is 6.58 Å². The second kappa shape index (κ2) is 7.98. The summed E-state index contributed by atoms with van der Waals surface area (Å²) in [6.45, 7) is 11.0. The molecule has 0 aliphatic carbocycles. The summed E-state index contributed by atoms with van der Waals surface area (Å²) in [5, 5.41) is 0. The van der Waals surface area contributed by atoms with E-state index in [0.717, 1.165) is 32.7 Å². The van der Waals surface area contributed by atoms with Gasteiger partial charge in [-0.05, 0) is 13.3 Å². The highest BCUT2D eigenvalue weighted by Gasteiger charge is 2.24. The molecule has 1 saturated heterocycles. The Bertz CT molecular complexity index is 363. The van der Waals surface area contributed by atoms with E-state index < -0.39 is 5.60 Å². The Labute approximate surface area is 115 Å². The summed E-state index contributed by atoms with van der Waals surface area (Å²) >= 11 is 0. The van der Waals surface area contributed by atoms with Gasteiger partial charge in [-0.25, -0.2) is 0 Å². The molecule has 0 unspecified atom stereocenters. The van der Waals surface area contributed by atoms with E-state index in [1.165, 1.54) is 6.92 Å². The second-order valence-electron chi connectivity index (χ2n) is 4.84. The molecule has 0 bridgehead atoms. The van der Waals surface area contributed by atoms with E-state index in [-0.39, 0.29) is 5.97 Å². The molecule has 0 aromatic carbocycles. The van der Waals surface area contributed by atoms with Crippen molar-refractivity contribution >= 4 is 5.97 Å².